The summed E-state index contributed by atoms with van der Waals surface area (Å²) in [6, 6.07) is 5.92. The van der Waals surface area contributed by atoms with E-state index >= 15 is 0 Å². The normalized spacial score (nSPS) is 12.2. The Hall–Kier alpha value is -2.34. The fourth-order valence-corrected chi connectivity index (χ4v) is 2.43. The number of nitrogens with zero attached hydrogens (tertiary/aromatic N) is 1. The van der Waals surface area contributed by atoms with Crippen LogP contribution in [0.2, 0.25) is 5.02 Å². The second-order valence-corrected chi connectivity index (χ2v) is 5.88. The molecule has 2 aromatic rings. The van der Waals surface area contributed by atoms with Crippen molar-refractivity contribution in [3.05, 3.63) is 40.6 Å². The molecule has 0 aliphatic heterocycles. The molecule has 1 aromatic heterocycles. The Morgan fingerprint density at radius 2 is 1.96 bits per heavy atom. The van der Waals surface area contributed by atoms with Crippen molar-refractivity contribution in [1.82, 2.24) is 10.5 Å². The first-order valence-electron chi connectivity index (χ1n) is 7.07. The lowest BCUT2D eigenvalue weighted by atomic mass is 10.0. The summed E-state index contributed by atoms with van der Waals surface area (Å²) >= 11 is 6.14. The highest BCUT2D eigenvalue weighted by Gasteiger charge is 2.28. The number of carboxylic acids is 1. The smallest absolute Gasteiger partial charge is 0.326 e. The first-order valence-corrected chi connectivity index (χ1v) is 7.45. The average molecular weight is 337 g/mol. The van der Waals surface area contributed by atoms with E-state index in [-0.39, 0.29) is 11.5 Å². The SMILES string of the molecule is Cc1onc(-c2ccccc2Cl)c1C(=O)NC(C(=O)O)C(C)C. The van der Waals surface area contributed by atoms with Gasteiger partial charge in [0.15, 0.2) is 0 Å². The largest absolute Gasteiger partial charge is 0.480 e. The number of rotatable bonds is 5. The van der Waals surface area contributed by atoms with Gasteiger partial charge in [0.1, 0.15) is 23.1 Å². The van der Waals surface area contributed by atoms with Gasteiger partial charge < -0.3 is 14.9 Å². The Labute approximate surface area is 138 Å². The molecule has 23 heavy (non-hydrogen) atoms. The van der Waals surface area contributed by atoms with E-state index in [1.54, 1.807) is 45.0 Å². The zero-order chi connectivity index (χ0) is 17.1. The van der Waals surface area contributed by atoms with Crippen LogP contribution >= 0.6 is 11.6 Å². The molecule has 6 nitrogen and oxygen atoms in total. The first kappa shape index (κ1) is 17.0. The number of hydrogen-bond donors (Lipinski definition) is 2. The van der Waals surface area contributed by atoms with Crippen LogP contribution in [0.5, 0.6) is 0 Å². The predicted octanol–water partition coefficient (Wildman–Crippen LogP) is 3.14. The molecule has 0 bridgehead atoms. The van der Waals surface area contributed by atoms with Gasteiger partial charge in [0.25, 0.3) is 5.91 Å². The maximum atomic E-state index is 12.5. The van der Waals surface area contributed by atoms with Crippen molar-refractivity contribution in [3.63, 3.8) is 0 Å². The Bertz CT molecular complexity index is 739. The number of benzene rings is 1. The van der Waals surface area contributed by atoms with Gasteiger partial charge >= 0.3 is 5.97 Å². The molecule has 2 rings (SSSR count). The van der Waals surface area contributed by atoms with Crippen molar-refractivity contribution in [2.75, 3.05) is 0 Å². The number of nitrogens with one attached hydrogen (secondary N) is 1. The van der Waals surface area contributed by atoms with Crippen LogP contribution in [0.3, 0.4) is 0 Å². The third-order valence-electron chi connectivity index (χ3n) is 3.44. The molecule has 0 fully saturated rings. The first-order chi connectivity index (χ1) is 10.8. The van der Waals surface area contributed by atoms with Crippen molar-refractivity contribution in [2.45, 2.75) is 26.8 Å². The van der Waals surface area contributed by atoms with Gasteiger partial charge in [-0.25, -0.2) is 4.79 Å². The Morgan fingerprint density at radius 3 is 2.52 bits per heavy atom. The number of aryl methyl sites for hydroxylation is 1. The van der Waals surface area contributed by atoms with Gasteiger partial charge in [-0.2, -0.15) is 0 Å². The van der Waals surface area contributed by atoms with Crippen LogP contribution in [0.15, 0.2) is 28.8 Å². The van der Waals surface area contributed by atoms with E-state index < -0.39 is 17.9 Å². The molecule has 0 saturated carbocycles. The minimum Gasteiger partial charge on any atom is -0.480 e. The lowest BCUT2D eigenvalue weighted by Gasteiger charge is -2.17. The molecule has 1 aromatic carbocycles. The van der Waals surface area contributed by atoms with Gasteiger partial charge in [-0.15, -0.1) is 0 Å². The third-order valence-corrected chi connectivity index (χ3v) is 3.77. The molecule has 122 valence electrons. The van der Waals surface area contributed by atoms with Gasteiger partial charge in [0.2, 0.25) is 0 Å². The number of halogens is 1. The van der Waals surface area contributed by atoms with Crippen molar-refractivity contribution in [2.24, 2.45) is 5.92 Å². The summed E-state index contributed by atoms with van der Waals surface area (Å²) in [5.41, 5.74) is 1.02. The van der Waals surface area contributed by atoms with Gasteiger partial charge in [-0.3, -0.25) is 4.79 Å². The highest BCUT2D eigenvalue weighted by molar-refractivity contribution is 6.33. The van der Waals surface area contributed by atoms with E-state index in [1.807, 2.05) is 0 Å². The number of aliphatic carboxylic acids is 1. The monoisotopic (exact) mass is 336 g/mol. The van der Waals surface area contributed by atoms with Gasteiger partial charge in [-0.1, -0.05) is 48.8 Å². The lowest BCUT2D eigenvalue weighted by Crippen LogP contribution is -2.44. The summed E-state index contributed by atoms with van der Waals surface area (Å²) < 4.78 is 5.11. The van der Waals surface area contributed by atoms with E-state index in [2.05, 4.69) is 10.5 Å². The zero-order valence-electron chi connectivity index (χ0n) is 13.0. The van der Waals surface area contributed by atoms with E-state index in [4.69, 9.17) is 16.1 Å². The number of hydrogen-bond acceptors (Lipinski definition) is 4. The summed E-state index contributed by atoms with van der Waals surface area (Å²) in [4.78, 5) is 23.8. The second kappa shape index (κ2) is 6.83. The Balaban J connectivity index is 2.41. The van der Waals surface area contributed by atoms with Crippen LogP contribution in [0, 0.1) is 12.8 Å². The van der Waals surface area contributed by atoms with Crippen LogP contribution in [-0.2, 0) is 4.79 Å². The van der Waals surface area contributed by atoms with E-state index in [9.17, 15) is 14.7 Å². The van der Waals surface area contributed by atoms with Gasteiger partial charge in [-0.05, 0) is 18.9 Å². The maximum Gasteiger partial charge on any atom is 0.326 e. The maximum absolute atomic E-state index is 12.5. The molecule has 0 aliphatic carbocycles. The number of carboxylic acid groups (broad SMARTS) is 1. The van der Waals surface area contributed by atoms with Crippen molar-refractivity contribution in [3.8, 4) is 11.3 Å². The summed E-state index contributed by atoms with van der Waals surface area (Å²) in [5.74, 6) is -1.62. The average Bonchev–Trinajstić information content (AvgIpc) is 2.86. The molecule has 0 radical (unpaired) electrons. The lowest BCUT2D eigenvalue weighted by molar-refractivity contribution is -0.140. The molecule has 0 spiro atoms. The molecular formula is C16H17ClN2O4. The van der Waals surface area contributed by atoms with Crippen LogP contribution in [0.4, 0.5) is 0 Å². The van der Waals surface area contributed by atoms with E-state index in [0.717, 1.165) is 0 Å². The molecule has 1 unspecified atom stereocenters. The van der Waals surface area contributed by atoms with Crippen LogP contribution in [-0.4, -0.2) is 28.2 Å². The molecule has 0 saturated heterocycles. The van der Waals surface area contributed by atoms with Gasteiger partial charge in [0, 0.05) is 5.56 Å². The molecule has 1 atom stereocenters. The zero-order valence-corrected chi connectivity index (χ0v) is 13.7. The fourth-order valence-electron chi connectivity index (χ4n) is 2.20. The van der Waals surface area contributed by atoms with Crippen LogP contribution < -0.4 is 5.32 Å². The summed E-state index contributed by atoms with van der Waals surface area (Å²) in [5, 5.41) is 16.0. The topological polar surface area (TPSA) is 92.4 Å². The minimum atomic E-state index is -1.10. The van der Waals surface area contributed by atoms with Crippen molar-refractivity contribution in [1.29, 1.82) is 0 Å². The molecular weight excluding hydrogens is 320 g/mol. The van der Waals surface area contributed by atoms with Crippen molar-refractivity contribution < 1.29 is 19.2 Å². The number of amides is 1. The van der Waals surface area contributed by atoms with E-state index in [1.165, 1.54) is 0 Å². The molecule has 0 aliphatic rings. The van der Waals surface area contributed by atoms with Crippen molar-refractivity contribution >= 4 is 23.5 Å². The molecule has 7 heteroatoms. The Kier molecular flexibility index (Phi) is 5.05. The predicted molar refractivity (Wildman–Crippen MR) is 85.4 cm³/mol. The number of aromatic nitrogens is 1. The summed E-state index contributed by atoms with van der Waals surface area (Å²) in [6.45, 7) is 5.02. The van der Waals surface area contributed by atoms with E-state index in [0.29, 0.717) is 22.0 Å². The minimum absolute atomic E-state index is 0.185. The van der Waals surface area contributed by atoms with Crippen LogP contribution in [0.25, 0.3) is 11.3 Å². The van der Waals surface area contributed by atoms with Gasteiger partial charge in [0.05, 0.1) is 5.02 Å². The number of carbonyl (C=O) groups excluding carboxylic acids is 1. The van der Waals surface area contributed by atoms with Crippen LogP contribution in [0.1, 0.15) is 30.0 Å². The highest BCUT2D eigenvalue weighted by Crippen LogP contribution is 2.31. The quantitative estimate of drug-likeness (QED) is 0.875. The Morgan fingerprint density at radius 1 is 1.30 bits per heavy atom. The summed E-state index contributed by atoms with van der Waals surface area (Å²) in [7, 11) is 0. The molecule has 2 N–H and O–H groups in total. The molecule has 1 heterocycles. The third kappa shape index (κ3) is 3.53. The summed E-state index contributed by atoms with van der Waals surface area (Å²) in [6.07, 6.45) is 0. The molecule has 1 amide bonds. The standard InChI is InChI=1S/C16H17ClN2O4/c1-8(2)13(16(21)22)18-15(20)12-9(3)23-19-14(12)10-6-4-5-7-11(10)17/h4-8,13H,1-3H3,(H,18,20)(H,21,22). The second-order valence-electron chi connectivity index (χ2n) is 5.48. The highest BCUT2D eigenvalue weighted by atomic mass is 35.5. The number of carbonyl (C=O) groups is 2. The fraction of sp³-hybridized carbons (Fsp3) is 0.312.